The predicted molar refractivity (Wildman–Crippen MR) is 90.4 cm³/mol. The van der Waals surface area contributed by atoms with Gasteiger partial charge in [0.1, 0.15) is 0 Å². The van der Waals surface area contributed by atoms with E-state index in [1.165, 1.54) is 36.6 Å². The molecule has 20 heavy (non-hydrogen) atoms. The molecule has 0 heterocycles. The van der Waals surface area contributed by atoms with Crippen molar-refractivity contribution in [2.75, 3.05) is 26.2 Å². The number of hydrogen-bond acceptors (Lipinski definition) is 1. The van der Waals surface area contributed by atoms with Crippen LogP contribution in [0.1, 0.15) is 55.4 Å². The summed E-state index contributed by atoms with van der Waals surface area (Å²) in [5.74, 6) is 4.44. The molecule has 0 fully saturated rings. The molecule has 0 bridgehead atoms. The van der Waals surface area contributed by atoms with Gasteiger partial charge in [-0.3, -0.25) is 11.2 Å². The van der Waals surface area contributed by atoms with Crippen LogP contribution < -0.4 is 0 Å². The maximum absolute atomic E-state index is 7.10. The molecule has 3 radical (unpaired) electrons. The first-order valence-corrected chi connectivity index (χ1v) is 8.03. The fourth-order valence-corrected chi connectivity index (χ4v) is 3.55. The molecule has 0 N–H and O–H groups in total. The first kappa shape index (κ1) is 21.8. The van der Waals surface area contributed by atoms with E-state index in [2.05, 4.69) is 63.2 Å². The van der Waals surface area contributed by atoms with Crippen LogP contribution in [-0.2, 0) is 0 Å². The van der Waals surface area contributed by atoms with E-state index in [0.717, 1.165) is 23.7 Å². The number of nitrogens with zero attached hydrogens (tertiary/aromatic N) is 2. The zero-order chi connectivity index (χ0) is 16.3. The molecule has 2 nitrogen and oxygen atoms in total. The lowest BCUT2D eigenvalue weighted by Crippen LogP contribution is -2.56. The third-order valence-corrected chi connectivity index (χ3v) is 3.01. The van der Waals surface area contributed by atoms with E-state index in [1.807, 2.05) is 0 Å². The Morgan fingerprint density at radius 3 is 0.950 bits per heavy atom. The van der Waals surface area contributed by atoms with Gasteiger partial charge in [0.15, 0.2) is 0 Å². The average Bonchev–Trinajstić information content (AvgIpc) is 2.11. The van der Waals surface area contributed by atoms with Crippen LogP contribution in [0.4, 0.5) is 0 Å². The Balaban J connectivity index is 0. The van der Waals surface area contributed by atoms with Crippen LogP contribution in [-0.4, -0.2) is 38.5 Å². The fraction of sp³-hybridized carbons (Fsp3) is 0.941. The number of nitriles is 1. The van der Waals surface area contributed by atoms with Crippen molar-refractivity contribution in [2.45, 2.75) is 55.4 Å². The Bertz CT molecular complexity index is 219. The molecule has 0 unspecified atom stereocenters. The Morgan fingerprint density at radius 2 is 0.850 bits per heavy atom. The molecule has 0 aromatic carbocycles. The first-order valence-electron chi connectivity index (χ1n) is 8.03. The normalized spacial score (nSPS) is 11.8. The van der Waals surface area contributed by atoms with Crippen LogP contribution in [0.25, 0.3) is 0 Å². The third-order valence-electron chi connectivity index (χ3n) is 3.01. The maximum Gasteiger partial charge on any atom is 0.0810 e. The molecule has 0 saturated heterocycles. The van der Waals surface area contributed by atoms with Crippen molar-refractivity contribution in [1.82, 2.24) is 0 Å². The molecule has 0 aliphatic heterocycles. The molecular formula is C17H36BN2. The van der Waals surface area contributed by atoms with Gasteiger partial charge in [-0.15, -0.1) is 0 Å². The SMILES string of the molecule is CC(C)C[N+](CC(C)C)(CC(C)C)CC(C)C.[B-]C#N. The van der Waals surface area contributed by atoms with Crippen LogP contribution in [0, 0.1) is 34.9 Å². The lowest BCUT2D eigenvalue weighted by molar-refractivity contribution is -0.938. The standard InChI is InChI=1S/C16H36N.CBN/c1-13(2)9-17(10-14(3)4,11-15(5)6)12-16(7)8;2-1-3/h13-16H,9-12H2,1-8H3;/q+1;-1. The fourth-order valence-electron chi connectivity index (χ4n) is 3.55. The van der Waals surface area contributed by atoms with E-state index in [-0.39, 0.29) is 0 Å². The molecule has 0 saturated carbocycles. The minimum absolute atomic E-state index is 0.797. The summed E-state index contributed by atoms with van der Waals surface area (Å²) in [7, 11) is 4.15. The summed E-state index contributed by atoms with van der Waals surface area (Å²) in [4.78, 5) is 0. The summed E-state index contributed by atoms with van der Waals surface area (Å²) in [6, 6.07) is 0. The minimum atomic E-state index is 0.797. The number of hydrogen-bond donors (Lipinski definition) is 0. The third kappa shape index (κ3) is 12.5. The summed E-state index contributed by atoms with van der Waals surface area (Å²) in [6.07, 6.45) is 0. The molecule has 0 spiro atoms. The highest BCUT2D eigenvalue weighted by molar-refractivity contribution is 6.20. The quantitative estimate of drug-likeness (QED) is 0.485. The van der Waals surface area contributed by atoms with E-state index in [4.69, 9.17) is 5.26 Å². The molecule has 0 aliphatic carbocycles. The van der Waals surface area contributed by atoms with Gasteiger partial charge in [0.05, 0.1) is 26.2 Å². The summed E-state index contributed by atoms with van der Waals surface area (Å²) in [6.45, 7) is 24.3. The molecule has 117 valence electrons. The summed E-state index contributed by atoms with van der Waals surface area (Å²) >= 11 is 0. The zero-order valence-electron chi connectivity index (χ0n) is 15.1. The molecule has 3 heteroatoms. The van der Waals surface area contributed by atoms with E-state index in [1.54, 1.807) is 0 Å². The highest BCUT2D eigenvalue weighted by Gasteiger charge is 2.31. The molecule has 0 rings (SSSR count). The second-order valence-electron chi connectivity index (χ2n) is 7.78. The largest absolute Gasteiger partial charge is 0.466 e. The van der Waals surface area contributed by atoms with Gasteiger partial charge in [0, 0.05) is 23.7 Å². The Kier molecular flexibility index (Phi) is 12.2. The monoisotopic (exact) mass is 279 g/mol. The van der Waals surface area contributed by atoms with Gasteiger partial charge in [-0.2, -0.15) is 0 Å². The van der Waals surface area contributed by atoms with Crippen molar-refractivity contribution in [2.24, 2.45) is 23.7 Å². The second-order valence-corrected chi connectivity index (χ2v) is 7.78. The first-order chi connectivity index (χ1) is 9.08. The van der Waals surface area contributed by atoms with E-state index < -0.39 is 0 Å². The average molecular weight is 279 g/mol. The van der Waals surface area contributed by atoms with Gasteiger partial charge < -0.3 is 12.3 Å². The van der Waals surface area contributed by atoms with Crippen molar-refractivity contribution >= 4 is 7.85 Å². The highest BCUT2D eigenvalue weighted by atomic mass is 15.4. The summed E-state index contributed by atoms with van der Waals surface area (Å²) in [5, 5.41) is 7.10. The van der Waals surface area contributed by atoms with E-state index in [0.29, 0.717) is 0 Å². The maximum atomic E-state index is 7.10. The molecule has 0 aromatic heterocycles. The highest BCUT2D eigenvalue weighted by Crippen LogP contribution is 2.21. The topological polar surface area (TPSA) is 23.8 Å². The lowest BCUT2D eigenvalue weighted by atomic mass is 10.0. The van der Waals surface area contributed by atoms with Crippen molar-refractivity contribution in [1.29, 1.82) is 5.26 Å². The molecular weight excluding hydrogens is 243 g/mol. The van der Waals surface area contributed by atoms with Crippen molar-refractivity contribution in [3.63, 3.8) is 0 Å². The molecule has 0 amide bonds. The lowest BCUT2D eigenvalue weighted by Gasteiger charge is -2.44. The molecule has 0 atom stereocenters. The number of quaternary nitrogens is 1. The Labute approximate surface area is 129 Å². The molecule has 0 aromatic rings. The van der Waals surface area contributed by atoms with Crippen LogP contribution in [0.15, 0.2) is 0 Å². The van der Waals surface area contributed by atoms with Crippen LogP contribution in [0.5, 0.6) is 0 Å². The molecule has 0 aliphatic rings. The Morgan fingerprint density at radius 1 is 0.700 bits per heavy atom. The minimum Gasteiger partial charge on any atom is -0.466 e. The summed E-state index contributed by atoms with van der Waals surface area (Å²) in [5.41, 5.74) is 0. The van der Waals surface area contributed by atoms with E-state index in [9.17, 15) is 0 Å². The summed E-state index contributed by atoms with van der Waals surface area (Å²) < 4.78 is 1.32. The van der Waals surface area contributed by atoms with Gasteiger partial charge in [-0.25, -0.2) is 0 Å². The van der Waals surface area contributed by atoms with E-state index >= 15 is 0 Å². The number of rotatable bonds is 8. The van der Waals surface area contributed by atoms with Crippen LogP contribution >= 0.6 is 0 Å². The van der Waals surface area contributed by atoms with Gasteiger partial charge in [0.25, 0.3) is 0 Å². The Hall–Kier alpha value is -0.485. The van der Waals surface area contributed by atoms with Crippen molar-refractivity contribution < 1.29 is 4.48 Å². The zero-order valence-corrected chi connectivity index (χ0v) is 15.1. The smallest absolute Gasteiger partial charge is 0.0810 e. The van der Waals surface area contributed by atoms with Gasteiger partial charge in [0.2, 0.25) is 0 Å². The van der Waals surface area contributed by atoms with Gasteiger partial charge >= 0.3 is 0 Å². The van der Waals surface area contributed by atoms with Gasteiger partial charge in [-0.05, 0) is 0 Å². The van der Waals surface area contributed by atoms with Crippen LogP contribution in [0.2, 0.25) is 0 Å². The van der Waals surface area contributed by atoms with Crippen molar-refractivity contribution in [3.05, 3.63) is 0 Å². The van der Waals surface area contributed by atoms with Gasteiger partial charge in [-0.1, -0.05) is 55.4 Å². The predicted octanol–water partition coefficient (Wildman–Crippen LogP) is 4.06. The van der Waals surface area contributed by atoms with Crippen molar-refractivity contribution in [3.8, 4) is 5.97 Å². The van der Waals surface area contributed by atoms with Crippen LogP contribution in [0.3, 0.4) is 0 Å². The second kappa shape index (κ2) is 11.2.